The molecule has 0 unspecified atom stereocenters. The van der Waals surface area contributed by atoms with Crippen molar-refractivity contribution in [3.63, 3.8) is 0 Å². The second-order valence-electron chi connectivity index (χ2n) is 4.22. The predicted octanol–water partition coefficient (Wildman–Crippen LogP) is 1.76. The molecular weight excluding hydrogens is 210 g/mol. The highest BCUT2D eigenvalue weighted by molar-refractivity contribution is 5.19. The van der Waals surface area contributed by atoms with Crippen molar-refractivity contribution in [2.24, 2.45) is 0 Å². The van der Waals surface area contributed by atoms with Gasteiger partial charge in [-0.05, 0) is 19.1 Å². The molecule has 1 aliphatic rings. The normalized spacial score (nSPS) is 22.3. The lowest BCUT2D eigenvalue weighted by Crippen LogP contribution is -2.49. The number of benzene rings is 1. The van der Waals surface area contributed by atoms with Crippen LogP contribution in [0.25, 0.3) is 0 Å². The van der Waals surface area contributed by atoms with Gasteiger partial charge in [-0.2, -0.15) is 0 Å². The van der Waals surface area contributed by atoms with Crippen molar-refractivity contribution in [1.82, 2.24) is 10.2 Å². The molecule has 1 saturated heterocycles. The Morgan fingerprint density at radius 1 is 1.38 bits per heavy atom. The van der Waals surface area contributed by atoms with Gasteiger partial charge in [0.05, 0.1) is 0 Å². The van der Waals surface area contributed by atoms with Crippen LogP contribution in [0.2, 0.25) is 0 Å². The topological polar surface area (TPSA) is 15.3 Å². The zero-order chi connectivity index (χ0) is 11.5. The van der Waals surface area contributed by atoms with Crippen molar-refractivity contribution >= 4 is 0 Å². The number of hydrogen-bond donors (Lipinski definition) is 1. The summed E-state index contributed by atoms with van der Waals surface area (Å²) in [4.78, 5) is 2.10. The minimum Gasteiger partial charge on any atom is -0.314 e. The first-order chi connectivity index (χ1) is 7.68. The Bertz CT molecular complexity index is 348. The molecule has 88 valence electrons. The van der Waals surface area contributed by atoms with E-state index in [-0.39, 0.29) is 5.56 Å². The third-order valence-corrected chi connectivity index (χ3v) is 3.06. The third-order valence-electron chi connectivity index (χ3n) is 3.06. The second-order valence-corrected chi connectivity index (χ2v) is 4.22. The van der Waals surface area contributed by atoms with E-state index in [9.17, 15) is 8.78 Å². The molecule has 0 bridgehead atoms. The summed E-state index contributed by atoms with van der Waals surface area (Å²) in [6, 6.07) is 4.33. The van der Waals surface area contributed by atoms with Gasteiger partial charge in [0, 0.05) is 37.8 Å². The first-order valence-corrected chi connectivity index (χ1v) is 5.56. The predicted molar refractivity (Wildman–Crippen MR) is 59.1 cm³/mol. The van der Waals surface area contributed by atoms with E-state index < -0.39 is 11.6 Å². The fourth-order valence-corrected chi connectivity index (χ4v) is 2.00. The van der Waals surface area contributed by atoms with Gasteiger partial charge in [-0.15, -0.1) is 0 Å². The molecule has 1 fully saturated rings. The summed E-state index contributed by atoms with van der Waals surface area (Å²) >= 11 is 0. The van der Waals surface area contributed by atoms with Gasteiger partial charge >= 0.3 is 0 Å². The van der Waals surface area contributed by atoms with Gasteiger partial charge in [-0.25, -0.2) is 8.78 Å². The molecule has 1 aromatic rings. The molecular formula is C12H16F2N2. The summed E-state index contributed by atoms with van der Waals surface area (Å²) in [6.45, 7) is 4.98. The summed E-state index contributed by atoms with van der Waals surface area (Å²) in [7, 11) is 0. The molecule has 16 heavy (non-hydrogen) atoms. The highest BCUT2D eigenvalue weighted by Gasteiger charge is 2.20. The molecule has 1 N–H and O–H groups in total. The molecule has 0 radical (unpaired) electrons. The highest BCUT2D eigenvalue weighted by atomic mass is 19.1. The minimum absolute atomic E-state index is 0.177. The smallest absolute Gasteiger partial charge is 0.130 e. The van der Waals surface area contributed by atoms with Crippen molar-refractivity contribution in [3.05, 3.63) is 35.4 Å². The fraction of sp³-hybridized carbons (Fsp3) is 0.500. The first-order valence-electron chi connectivity index (χ1n) is 5.56. The summed E-state index contributed by atoms with van der Waals surface area (Å²) < 4.78 is 26.9. The van der Waals surface area contributed by atoms with Gasteiger partial charge in [0.1, 0.15) is 11.6 Å². The molecule has 2 rings (SSSR count). The molecule has 0 saturated carbocycles. The van der Waals surface area contributed by atoms with E-state index in [1.54, 1.807) is 0 Å². The zero-order valence-corrected chi connectivity index (χ0v) is 9.34. The van der Waals surface area contributed by atoms with E-state index in [0.29, 0.717) is 12.6 Å². The Hall–Kier alpha value is -1.00. The average Bonchev–Trinajstić information content (AvgIpc) is 2.26. The van der Waals surface area contributed by atoms with Crippen LogP contribution in [-0.2, 0) is 6.54 Å². The van der Waals surface area contributed by atoms with E-state index in [2.05, 4.69) is 17.1 Å². The molecule has 2 nitrogen and oxygen atoms in total. The number of halogens is 2. The Balaban J connectivity index is 2.13. The van der Waals surface area contributed by atoms with Crippen LogP contribution < -0.4 is 5.32 Å². The molecule has 0 aliphatic carbocycles. The van der Waals surface area contributed by atoms with Crippen LogP contribution in [0.5, 0.6) is 0 Å². The summed E-state index contributed by atoms with van der Waals surface area (Å²) in [5.74, 6) is -0.906. The Kier molecular flexibility index (Phi) is 3.51. The molecule has 1 aliphatic heterocycles. The van der Waals surface area contributed by atoms with Crippen LogP contribution in [0, 0.1) is 11.6 Å². The van der Waals surface area contributed by atoms with Crippen molar-refractivity contribution in [3.8, 4) is 0 Å². The Labute approximate surface area is 94.3 Å². The lowest BCUT2D eigenvalue weighted by molar-refractivity contribution is 0.161. The number of rotatable bonds is 2. The van der Waals surface area contributed by atoms with Crippen LogP contribution in [0.15, 0.2) is 18.2 Å². The van der Waals surface area contributed by atoms with Crippen molar-refractivity contribution in [2.45, 2.75) is 19.5 Å². The first kappa shape index (κ1) is 11.5. The number of hydrogen-bond acceptors (Lipinski definition) is 2. The lowest BCUT2D eigenvalue weighted by atomic mass is 10.1. The maximum Gasteiger partial charge on any atom is 0.130 e. The van der Waals surface area contributed by atoms with Crippen molar-refractivity contribution in [2.75, 3.05) is 19.6 Å². The summed E-state index contributed by atoms with van der Waals surface area (Å²) in [5.41, 5.74) is 0.177. The standard InChI is InChI=1S/C12H16F2N2/c1-9-7-15-5-6-16(9)8-10-11(13)3-2-4-12(10)14/h2-4,9,15H,5-8H2,1H3/t9-/m1/s1. The molecule has 1 aromatic carbocycles. The molecule has 1 heterocycles. The Morgan fingerprint density at radius 2 is 2.06 bits per heavy atom. The quantitative estimate of drug-likeness (QED) is 0.826. The lowest BCUT2D eigenvalue weighted by Gasteiger charge is -2.33. The molecule has 0 amide bonds. The van der Waals surface area contributed by atoms with E-state index in [1.807, 2.05) is 0 Å². The zero-order valence-electron chi connectivity index (χ0n) is 9.34. The number of nitrogens with zero attached hydrogens (tertiary/aromatic N) is 1. The van der Waals surface area contributed by atoms with Crippen LogP contribution in [0.3, 0.4) is 0 Å². The van der Waals surface area contributed by atoms with Gasteiger partial charge in [0.15, 0.2) is 0 Å². The SMILES string of the molecule is C[C@@H]1CNCCN1Cc1c(F)cccc1F. The summed E-state index contributed by atoms with van der Waals surface area (Å²) in [6.07, 6.45) is 0. The van der Waals surface area contributed by atoms with Gasteiger partial charge in [0.2, 0.25) is 0 Å². The van der Waals surface area contributed by atoms with E-state index >= 15 is 0 Å². The van der Waals surface area contributed by atoms with Crippen LogP contribution in [0.4, 0.5) is 8.78 Å². The largest absolute Gasteiger partial charge is 0.314 e. The number of piperazine rings is 1. The molecule has 0 spiro atoms. The van der Waals surface area contributed by atoms with Gasteiger partial charge in [-0.3, -0.25) is 4.90 Å². The molecule has 4 heteroatoms. The third kappa shape index (κ3) is 2.39. The van der Waals surface area contributed by atoms with Crippen LogP contribution in [0.1, 0.15) is 12.5 Å². The maximum absolute atomic E-state index is 13.5. The van der Waals surface area contributed by atoms with Crippen molar-refractivity contribution in [1.29, 1.82) is 0 Å². The minimum atomic E-state index is -0.453. The van der Waals surface area contributed by atoms with E-state index in [4.69, 9.17) is 0 Å². The van der Waals surface area contributed by atoms with Crippen LogP contribution in [-0.4, -0.2) is 30.6 Å². The Morgan fingerprint density at radius 3 is 2.69 bits per heavy atom. The number of nitrogens with one attached hydrogen (secondary N) is 1. The van der Waals surface area contributed by atoms with Gasteiger partial charge in [0.25, 0.3) is 0 Å². The average molecular weight is 226 g/mol. The van der Waals surface area contributed by atoms with Crippen molar-refractivity contribution < 1.29 is 8.78 Å². The monoisotopic (exact) mass is 226 g/mol. The van der Waals surface area contributed by atoms with Crippen LogP contribution >= 0.6 is 0 Å². The fourth-order valence-electron chi connectivity index (χ4n) is 2.00. The second kappa shape index (κ2) is 4.89. The molecule has 0 aromatic heterocycles. The molecule has 1 atom stereocenters. The van der Waals surface area contributed by atoms with E-state index in [1.165, 1.54) is 18.2 Å². The highest BCUT2D eigenvalue weighted by Crippen LogP contribution is 2.16. The van der Waals surface area contributed by atoms with Gasteiger partial charge < -0.3 is 5.32 Å². The summed E-state index contributed by atoms with van der Waals surface area (Å²) in [5, 5.41) is 3.25. The van der Waals surface area contributed by atoms with E-state index in [0.717, 1.165) is 19.6 Å². The van der Waals surface area contributed by atoms with Gasteiger partial charge in [-0.1, -0.05) is 6.07 Å². The maximum atomic E-state index is 13.5.